The molecule has 1 heterocycles. The van der Waals surface area contributed by atoms with E-state index >= 15 is 0 Å². The molecule has 3 aromatic rings. The molecule has 0 atom stereocenters. The fourth-order valence-corrected chi connectivity index (χ4v) is 3.26. The molecule has 0 N–H and O–H groups in total. The summed E-state index contributed by atoms with van der Waals surface area (Å²) in [7, 11) is 0. The Morgan fingerprint density at radius 1 is 0.938 bits per heavy atom. The highest BCUT2D eigenvalue weighted by molar-refractivity contribution is 6.55. The van der Waals surface area contributed by atoms with E-state index in [1.54, 1.807) is 36.4 Å². The van der Waals surface area contributed by atoms with Crippen molar-refractivity contribution >= 4 is 52.2 Å². The summed E-state index contributed by atoms with van der Waals surface area (Å²) in [5.74, 6) is 1.24. The standard InChI is InChI=1S/C22H17Cl4NO5/c23-17-12-16(30-10-7-20(25)26)13-18(24)22(17)31-9-1-8-29-15-4-2-14(3-5-15)21(28)19-6-11-32-27-19/h2-7,11-13H,1,8-10H2. The highest BCUT2D eigenvalue weighted by Crippen LogP contribution is 2.37. The summed E-state index contributed by atoms with van der Waals surface area (Å²) >= 11 is 23.5. The lowest BCUT2D eigenvalue weighted by atomic mass is 10.1. The fraction of sp³-hybridized carbons (Fsp3) is 0.182. The second-order valence-corrected chi connectivity index (χ2v) is 8.13. The number of rotatable bonds is 11. The van der Waals surface area contributed by atoms with Crippen molar-refractivity contribution in [2.45, 2.75) is 6.42 Å². The van der Waals surface area contributed by atoms with E-state index in [1.807, 2.05) is 0 Å². The molecule has 0 bridgehead atoms. The minimum Gasteiger partial charge on any atom is -0.493 e. The smallest absolute Gasteiger partial charge is 0.214 e. The van der Waals surface area contributed by atoms with E-state index < -0.39 is 0 Å². The first-order chi connectivity index (χ1) is 15.4. The van der Waals surface area contributed by atoms with Crippen molar-refractivity contribution in [3.63, 3.8) is 0 Å². The SMILES string of the molecule is O=C(c1ccc(OCCCOc2c(Cl)cc(OCC=C(Cl)Cl)cc2Cl)cc1)c1ccon1. The van der Waals surface area contributed by atoms with Crippen LogP contribution >= 0.6 is 46.4 Å². The van der Waals surface area contributed by atoms with Crippen LogP contribution in [0.2, 0.25) is 10.0 Å². The summed E-state index contributed by atoms with van der Waals surface area (Å²) in [6, 6.07) is 11.5. The van der Waals surface area contributed by atoms with Gasteiger partial charge < -0.3 is 18.7 Å². The predicted molar refractivity (Wildman–Crippen MR) is 124 cm³/mol. The molecule has 0 amide bonds. The fourth-order valence-electron chi connectivity index (χ4n) is 2.56. The lowest BCUT2D eigenvalue weighted by Crippen LogP contribution is -2.06. The summed E-state index contributed by atoms with van der Waals surface area (Å²) in [4.78, 5) is 12.2. The van der Waals surface area contributed by atoms with Crippen molar-refractivity contribution in [2.75, 3.05) is 19.8 Å². The molecule has 0 fully saturated rings. The lowest BCUT2D eigenvalue weighted by Gasteiger charge is -2.12. The second-order valence-electron chi connectivity index (χ2n) is 6.31. The molecule has 3 rings (SSSR count). The van der Waals surface area contributed by atoms with Gasteiger partial charge in [-0.3, -0.25) is 4.79 Å². The second kappa shape index (κ2) is 12.0. The zero-order valence-electron chi connectivity index (χ0n) is 16.5. The van der Waals surface area contributed by atoms with Crippen molar-refractivity contribution in [3.8, 4) is 17.2 Å². The molecule has 0 radical (unpaired) electrons. The summed E-state index contributed by atoms with van der Waals surface area (Å²) in [5.41, 5.74) is 0.747. The van der Waals surface area contributed by atoms with Gasteiger partial charge in [0.1, 0.15) is 28.9 Å². The third kappa shape index (κ3) is 7.07. The minimum absolute atomic E-state index is 0.111. The van der Waals surface area contributed by atoms with E-state index in [4.69, 9.17) is 65.1 Å². The molecule has 0 unspecified atom stereocenters. The van der Waals surface area contributed by atoms with E-state index in [2.05, 4.69) is 5.16 Å². The van der Waals surface area contributed by atoms with Gasteiger partial charge in [0.2, 0.25) is 5.78 Å². The minimum atomic E-state index is -0.219. The monoisotopic (exact) mass is 515 g/mol. The molecular formula is C22H17Cl4NO5. The number of hydrogen-bond donors (Lipinski definition) is 0. The van der Waals surface area contributed by atoms with E-state index in [-0.39, 0.29) is 22.6 Å². The van der Waals surface area contributed by atoms with Crippen LogP contribution in [0.3, 0.4) is 0 Å². The quantitative estimate of drug-likeness (QED) is 0.207. The van der Waals surface area contributed by atoms with Crippen LogP contribution in [0.4, 0.5) is 0 Å². The number of carbonyl (C=O) groups excluding carboxylic acids is 1. The zero-order valence-corrected chi connectivity index (χ0v) is 19.5. The molecule has 0 aliphatic rings. The van der Waals surface area contributed by atoms with Crippen molar-refractivity contribution in [1.29, 1.82) is 0 Å². The van der Waals surface area contributed by atoms with E-state index in [0.717, 1.165) is 0 Å². The highest BCUT2D eigenvalue weighted by atomic mass is 35.5. The van der Waals surface area contributed by atoms with Crippen LogP contribution in [0.25, 0.3) is 0 Å². The van der Waals surface area contributed by atoms with Gasteiger partial charge in [0.15, 0.2) is 11.4 Å². The lowest BCUT2D eigenvalue weighted by molar-refractivity contribution is 0.103. The average Bonchev–Trinajstić information content (AvgIpc) is 3.30. The van der Waals surface area contributed by atoms with Crippen molar-refractivity contribution in [1.82, 2.24) is 5.16 Å². The van der Waals surface area contributed by atoms with Gasteiger partial charge in [-0.2, -0.15) is 0 Å². The molecule has 2 aromatic carbocycles. The van der Waals surface area contributed by atoms with Crippen LogP contribution in [0.15, 0.2) is 63.8 Å². The van der Waals surface area contributed by atoms with Gasteiger partial charge in [-0.15, -0.1) is 0 Å². The van der Waals surface area contributed by atoms with E-state index in [0.29, 0.717) is 52.5 Å². The molecule has 0 spiro atoms. The van der Waals surface area contributed by atoms with Crippen LogP contribution in [0.1, 0.15) is 22.5 Å². The van der Waals surface area contributed by atoms with E-state index in [1.165, 1.54) is 18.4 Å². The number of ketones is 1. The number of halogens is 4. The van der Waals surface area contributed by atoms with Gasteiger partial charge in [-0.1, -0.05) is 51.6 Å². The van der Waals surface area contributed by atoms with Crippen molar-refractivity contribution in [2.24, 2.45) is 0 Å². The molecule has 6 nitrogen and oxygen atoms in total. The van der Waals surface area contributed by atoms with Crippen LogP contribution in [-0.4, -0.2) is 30.8 Å². The number of hydrogen-bond acceptors (Lipinski definition) is 6. The molecule has 10 heteroatoms. The summed E-state index contributed by atoms with van der Waals surface area (Å²) in [6.45, 7) is 0.924. The summed E-state index contributed by atoms with van der Waals surface area (Å²) < 4.78 is 21.6. The van der Waals surface area contributed by atoms with Crippen LogP contribution < -0.4 is 14.2 Å². The van der Waals surface area contributed by atoms with E-state index in [9.17, 15) is 4.79 Å². The Labute approximate surface area is 204 Å². The maximum atomic E-state index is 12.2. The number of benzene rings is 2. The largest absolute Gasteiger partial charge is 0.493 e. The third-order valence-corrected chi connectivity index (χ3v) is 4.92. The molecule has 0 aliphatic heterocycles. The number of carbonyl (C=O) groups is 1. The predicted octanol–water partition coefficient (Wildman–Crippen LogP) is 6.76. The summed E-state index contributed by atoms with van der Waals surface area (Å²) in [5, 5.41) is 4.28. The number of aromatic nitrogens is 1. The Hall–Kier alpha value is -2.38. The highest BCUT2D eigenvalue weighted by Gasteiger charge is 2.12. The van der Waals surface area contributed by atoms with Gasteiger partial charge in [0.05, 0.1) is 23.3 Å². The Kier molecular flexibility index (Phi) is 9.11. The van der Waals surface area contributed by atoms with Gasteiger partial charge in [0.25, 0.3) is 0 Å². The Morgan fingerprint density at radius 3 is 2.25 bits per heavy atom. The Balaban J connectivity index is 1.43. The maximum absolute atomic E-state index is 12.2. The van der Waals surface area contributed by atoms with Crippen LogP contribution in [0, 0.1) is 0 Å². The number of nitrogens with zero attached hydrogens (tertiary/aromatic N) is 1. The molecular weight excluding hydrogens is 500 g/mol. The molecule has 168 valence electrons. The Morgan fingerprint density at radius 2 is 1.62 bits per heavy atom. The van der Waals surface area contributed by atoms with Crippen LogP contribution in [0.5, 0.6) is 17.2 Å². The molecule has 32 heavy (non-hydrogen) atoms. The molecule has 1 aromatic heterocycles. The first kappa shape index (κ1) is 24.3. The first-order valence-corrected chi connectivity index (χ1v) is 10.9. The van der Waals surface area contributed by atoms with Crippen molar-refractivity contribution < 1.29 is 23.5 Å². The average molecular weight is 517 g/mol. The molecule has 0 saturated heterocycles. The first-order valence-electron chi connectivity index (χ1n) is 9.38. The van der Waals surface area contributed by atoms with Gasteiger partial charge >= 0.3 is 0 Å². The van der Waals surface area contributed by atoms with Crippen LogP contribution in [-0.2, 0) is 0 Å². The Bertz CT molecular complexity index is 1040. The maximum Gasteiger partial charge on any atom is 0.214 e. The van der Waals surface area contributed by atoms with Gasteiger partial charge in [-0.05, 0) is 30.3 Å². The molecule has 0 saturated carbocycles. The van der Waals surface area contributed by atoms with Crippen molar-refractivity contribution in [3.05, 3.63) is 80.6 Å². The molecule has 0 aliphatic carbocycles. The third-order valence-electron chi connectivity index (χ3n) is 4.05. The van der Waals surface area contributed by atoms with Gasteiger partial charge in [0, 0.05) is 30.2 Å². The summed E-state index contributed by atoms with van der Waals surface area (Å²) in [6.07, 6.45) is 3.44. The van der Waals surface area contributed by atoms with Gasteiger partial charge in [-0.25, -0.2) is 0 Å². The normalized spacial score (nSPS) is 10.5. The number of ether oxygens (including phenoxy) is 3. The zero-order chi connectivity index (χ0) is 22.9. The topological polar surface area (TPSA) is 70.8 Å².